The van der Waals surface area contributed by atoms with Gasteiger partial charge in [0.2, 0.25) is 5.75 Å². The number of aliphatic carboxylic acids is 2. The first kappa shape index (κ1) is 20.8. The number of carboxylic acid groups (broad SMARTS) is 2. The fraction of sp³-hybridized carbons (Fsp3) is 0.294. The monoisotopic (exact) mass is 367 g/mol. The summed E-state index contributed by atoms with van der Waals surface area (Å²) in [5.41, 5.74) is 0.997. The van der Waals surface area contributed by atoms with Gasteiger partial charge in [-0.05, 0) is 18.2 Å². The third kappa shape index (κ3) is 6.02. The van der Waals surface area contributed by atoms with Crippen LogP contribution >= 0.6 is 0 Å². The van der Waals surface area contributed by atoms with Crippen LogP contribution in [0.25, 0.3) is 0 Å². The lowest BCUT2D eigenvalue weighted by molar-refractivity contribution is -0.159. The zero-order valence-electron chi connectivity index (χ0n) is 14.6. The molecule has 0 unspecified atom stereocenters. The van der Waals surface area contributed by atoms with Gasteiger partial charge in [0.05, 0.1) is 34.1 Å². The highest BCUT2D eigenvalue weighted by molar-refractivity contribution is 6.27. The number of benzene rings is 1. The van der Waals surface area contributed by atoms with E-state index in [-0.39, 0.29) is 0 Å². The smallest absolute Gasteiger partial charge is 0.414 e. The molecule has 0 fully saturated rings. The van der Waals surface area contributed by atoms with Gasteiger partial charge in [-0.25, -0.2) is 9.59 Å². The van der Waals surface area contributed by atoms with E-state index in [4.69, 9.17) is 38.4 Å². The molecule has 0 radical (unpaired) electrons. The lowest BCUT2D eigenvalue weighted by Gasteiger charge is -2.15. The number of methoxy groups -OCH3 is 3. The second kappa shape index (κ2) is 10.6. The van der Waals surface area contributed by atoms with E-state index < -0.39 is 11.9 Å². The molecular formula is C17H21NO8. The normalized spacial score (nSPS) is 9.65. The Labute approximate surface area is 150 Å². The number of rotatable bonds is 7. The molecule has 0 aliphatic rings. The highest BCUT2D eigenvalue weighted by Gasteiger charge is 2.15. The summed E-state index contributed by atoms with van der Waals surface area (Å²) in [6, 6.07) is 7.62. The minimum atomic E-state index is -1.82. The van der Waals surface area contributed by atoms with Crippen molar-refractivity contribution >= 4 is 11.9 Å². The van der Waals surface area contributed by atoms with Crippen molar-refractivity contribution < 1.29 is 38.4 Å². The Kier molecular flexibility index (Phi) is 8.51. The number of carboxylic acids is 2. The predicted molar refractivity (Wildman–Crippen MR) is 90.6 cm³/mol. The highest BCUT2D eigenvalue weighted by atomic mass is 16.5. The summed E-state index contributed by atoms with van der Waals surface area (Å²) in [6.45, 7) is 1.30. The van der Waals surface area contributed by atoms with E-state index in [1.54, 1.807) is 27.6 Å². The number of ether oxygens (including phenoxy) is 3. The van der Waals surface area contributed by atoms with E-state index in [1.165, 1.54) is 0 Å². The van der Waals surface area contributed by atoms with Gasteiger partial charge in [-0.3, -0.25) is 0 Å². The SMILES string of the molecule is COc1ccc(CNCc2ccco2)c(OC)c1OC.O=C(O)C(=O)O. The third-order valence-electron chi connectivity index (χ3n) is 3.16. The van der Waals surface area contributed by atoms with E-state index in [2.05, 4.69) is 5.32 Å². The maximum Gasteiger partial charge on any atom is 0.414 e. The van der Waals surface area contributed by atoms with Gasteiger partial charge >= 0.3 is 11.9 Å². The molecule has 0 saturated carbocycles. The predicted octanol–water partition coefficient (Wildman–Crippen LogP) is 1.75. The van der Waals surface area contributed by atoms with Crippen molar-refractivity contribution in [3.05, 3.63) is 41.9 Å². The Morgan fingerprint density at radius 1 is 0.962 bits per heavy atom. The molecule has 142 valence electrons. The van der Waals surface area contributed by atoms with E-state index in [0.717, 1.165) is 11.3 Å². The first-order chi connectivity index (χ1) is 12.4. The fourth-order valence-corrected chi connectivity index (χ4v) is 2.04. The van der Waals surface area contributed by atoms with Crippen molar-refractivity contribution in [3.63, 3.8) is 0 Å². The lowest BCUT2D eigenvalue weighted by atomic mass is 10.1. The van der Waals surface area contributed by atoms with Gasteiger partial charge in [-0.2, -0.15) is 0 Å². The van der Waals surface area contributed by atoms with Gasteiger partial charge in [0.15, 0.2) is 11.5 Å². The van der Waals surface area contributed by atoms with Crippen LogP contribution in [0, 0.1) is 0 Å². The summed E-state index contributed by atoms with van der Waals surface area (Å²) in [4.78, 5) is 18.2. The molecule has 0 aliphatic heterocycles. The maximum atomic E-state index is 9.10. The maximum absolute atomic E-state index is 9.10. The molecule has 1 aromatic heterocycles. The van der Waals surface area contributed by atoms with Crippen LogP contribution in [-0.4, -0.2) is 43.5 Å². The Hall–Kier alpha value is -3.20. The molecule has 0 aliphatic carbocycles. The van der Waals surface area contributed by atoms with Crippen LogP contribution in [0.2, 0.25) is 0 Å². The molecule has 2 aromatic rings. The third-order valence-corrected chi connectivity index (χ3v) is 3.16. The van der Waals surface area contributed by atoms with Crippen molar-refractivity contribution in [2.45, 2.75) is 13.1 Å². The van der Waals surface area contributed by atoms with Crippen LogP contribution in [-0.2, 0) is 22.7 Å². The molecule has 0 bridgehead atoms. The van der Waals surface area contributed by atoms with Gasteiger partial charge in [0.1, 0.15) is 5.76 Å². The summed E-state index contributed by atoms with van der Waals surface area (Å²) >= 11 is 0. The van der Waals surface area contributed by atoms with Crippen molar-refractivity contribution in [2.24, 2.45) is 0 Å². The fourth-order valence-electron chi connectivity index (χ4n) is 2.04. The van der Waals surface area contributed by atoms with Gasteiger partial charge in [0, 0.05) is 12.1 Å². The number of carbonyl (C=O) groups is 2. The summed E-state index contributed by atoms with van der Waals surface area (Å²) in [7, 11) is 4.82. The highest BCUT2D eigenvalue weighted by Crippen LogP contribution is 2.39. The molecule has 3 N–H and O–H groups in total. The number of furan rings is 1. The molecule has 0 spiro atoms. The summed E-state index contributed by atoms with van der Waals surface area (Å²) < 4.78 is 21.3. The second-order valence-corrected chi connectivity index (χ2v) is 4.79. The lowest BCUT2D eigenvalue weighted by Crippen LogP contribution is -2.13. The average molecular weight is 367 g/mol. The molecule has 9 nitrogen and oxygen atoms in total. The topological polar surface area (TPSA) is 127 Å². The van der Waals surface area contributed by atoms with Crippen LogP contribution in [0.3, 0.4) is 0 Å². The standard InChI is InChI=1S/C15H19NO4.C2H2O4/c1-17-13-7-6-11(14(18-2)15(13)19-3)9-16-10-12-5-4-8-20-12;3-1(4)2(5)6/h4-8,16H,9-10H2,1-3H3;(H,3,4)(H,5,6). The minimum absolute atomic E-state index is 0.604. The van der Waals surface area contributed by atoms with Crippen LogP contribution in [0.4, 0.5) is 0 Å². The van der Waals surface area contributed by atoms with Crippen LogP contribution in [0.1, 0.15) is 11.3 Å². The molecule has 26 heavy (non-hydrogen) atoms. The Morgan fingerprint density at radius 2 is 1.62 bits per heavy atom. The van der Waals surface area contributed by atoms with Gasteiger partial charge < -0.3 is 34.2 Å². The number of hydrogen-bond donors (Lipinski definition) is 3. The van der Waals surface area contributed by atoms with Crippen molar-refractivity contribution in [2.75, 3.05) is 21.3 Å². The number of hydrogen-bond acceptors (Lipinski definition) is 7. The Balaban J connectivity index is 0.000000487. The molecule has 0 saturated heterocycles. The molecular weight excluding hydrogens is 346 g/mol. The number of nitrogens with one attached hydrogen (secondary N) is 1. The molecule has 0 amide bonds. The molecule has 1 heterocycles. The first-order valence-corrected chi connectivity index (χ1v) is 7.41. The van der Waals surface area contributed by atoms with Gasteiger partial charge in [-0.1, -0.05) is 6.07 Å². The van der Waals surface area contributed by atoms with E-state index in [0.29, 0.717) is 30.3 Å². The Morgan fingerprint density at radius 3 is 2.08 bits per heavy atom. The van der Waals surface area contributed by atoms with Crippen LogP contribution in [0.15, 0.2) is 34.9 Å². The summed E-state index contributed by atoms with van der Waals surface area (Å²) in [5, 5.41) is 18.1. The van der Waals surface area contributed by atoms with Crippen molar-refractivity contribution in [3.8, 4) is 17.2 Å². The average Bonchev–Trinajstić information content (AvgIpc) is 3.14. The van der Waals surface area contributed by atoms with Crippen LogP contribution < -0.4 is 19.5 Å². The Bertz CT molecular complexity index is 700. The quantitative estimate of drug-likeness (QED) is 0.627. The molecule has 0 atom stereocenters. The minimum Gasteiger partial charge on any atom is -0.493 e. The van der Waals surface area contributed by atoms with Crippen molar-refractivity contribution in [1.82, 2.24) is 5.32 Å². The largest absolute Gasteiger partial charge is 0.493 e. The molecule has 1 aromatic carbocycles. The van der Waals surface area contributed by atoms with E-state index >= 15 is 0 Å². The molecule has 9 heteroatoms. The summed E-state index contributed by atoms with van der Waals surface area (Å²) in [5.74, 6) is -0.820. The second-order valence-electron chi connectivity index (χ2n) is 4.79. The first-order valence-electron chi connectivity index (χ1n) is 7.41. The van der Waals surface area contributed by atoms with E-state index in [1.807, 2.05) is 24.3 Å². The zero-order valence-corrected chi connectivity index (χ0v) is 14.6. The van der Waals surface area contributed by atoms with Crippen molar-refractivity contribution in [1.29, 1.82) is 0 Å². The zero-order chi connectivity index (χ0) is 19.5. The van der Waals surface area contributed by atoms with E-state index in [9.17, 15) is 0 Å². The van der Waals surface area contributed by atoms with Gasteiger partial charge in [-0.15, -0.1) is 0 Å². The molecule has 2 rings (SSSR count). The van der Waals surface area contributed by atoms with Crippen LogP contribution in [0.5, 0.6) is 17.2 Å². The summed E-state index contributed by atoms with van der Waals surface area (Å²) in [6.07, 6.45) is 1.66. The van der Waals surface area contributed by atoms with Gasteiger partial charge in [0.25, 0.3) is 0 Å².